The van der Waals surface area contributed by atoms with Gasteiger partial charge in [0.1, 0.15) is 5.75 Å². The third-order valence-corrected chi connectivity index (χ3v) is 3.95. The first-order valence-corrected chi connectivity index (χ1v) is 7.98. The number of hydrogen-bond acceptors (Lipinski definition) is 3. The Bertz CT molecular complexity index is 737. The third kappa shape index (κ3) is 4.13. The first kappa shape index (κ1) is 16.1. The van der Waals surface area contributed by atoms with Gasteiger partial charge in [-0.1, -0.05) is 18.2 Å². The second kappa shape index (κ2) is 7.17. The summed E-state index contributed by atoms with van der Waals surface area (Å²) in [7, 11) is 1.57. The van der Waals surface area contributed by atoms with Crippen molar-refractivity contribution in [3.8, 4) is 5.75 Å². The largest absolute Gasteiger partial charge is 0.497 e. The van der Waals surface area contributed by atoms with E-state index >= 15 is 0 Å². The molecule has 0 aliphatic heterocycles. The van der Waals surface area contributed by atoms with Crippen molar-refractivity contribution in [2.45, 2.75) is 19.4 Å². The lowest BCUT2D eigenvalue weighted by Crippen LogP contribution is -2.22. The average molecular weight is 324 g/mol. The van der Waals surface area contributed by atoms with Gasteiger partial charge in [-0.25, -0.2) is 0 Å². The van der Waals surface area contributed by atoms with Crippen LogP contribution in [0.2, 0.25) is 0 Å². The number of benzene rings is 2. The second-order valence-corrected chi connectivity index (χ2v) is 5.88. The zero-order valence-corrected chi connectivity index (χ0v) is 13.5. The van der Waals surface area contributed by atoms with Crippen LogP contribution in [0.1, 0.15) is 28.8 Å². The van der Waals surface area contributed by atoms with Crippen LogP contribution in [0.25, 0.3) is 0 Å². The van der Waals surface area contributed by atoms with Gasteiger partial charge in [0.05, 0.1) is 7.11 Å². The summed E-state index contributed by atoms with van der Waals surface area (Å²) in [5.74, 6) is 0.777. The van der Waals surface area contributed by atoms with Gasteiger partial charge in [0.15, 0.2) is 0 Å². The van der Waals surface area contributed by atoms with Crippen molar-refractivity contribution in [2.24, 2.45) is 5.92 Å². The highest BCUT2D eigenvalue weighted by molar-refractivity contribution is 5.95. The number of carbonyl (C=O) groups excluding carboxylic acids is 2. The standard InChI is InChI=1S/C19H20N2O3/c1-24-17-4-2-3-15(11-17)18(22)20-12-13-5-9-16(10-6-13)21-19(23)14-7-8-14/h2-6,9-11,14H,7-8,12H2,1H3,(H,20,22)(H,21,23). The Morgan fingerprint density at radius 3 is 2.54 bits per heavy atom. The van der Waals surface area contributed by atoms with Gasteiger partial charge in [-0.2, -0.15) is 0 Å². The molecule has 124 valence electrons. The summed E-state index contributed by atoms with van der Waals surface area (Å²) < 4.78 is 5.12. The summed E-state index contributed by atoms with van der Waals surface area (Å²) in [4.78, 5) is 23.9. The molecule has 1 aliphatic carbocycles. The van der Waals surface area contributed by atoms with E-state index in [-0.39, 0.29) is 17.7 Å². The molecule has 1 saturated carbocycles. The molecule has 0 radical (unpaired) electrons. The molecule has 5 nitrogen and oxygen atoms in total. The van der Waals surface area contributed by atoms with Gasteiger partial charge in [0, 0.05) is 23.7 Å². The highest BCUT2D eigenvalue weighted by Gasteiger charge is 2.29. The van der Waals surface area contributed by atoms with Crippen molar-refractivity contribution in [1.82, 2.24) is 5.32 Å². The SMILES string of the molecule is COc1cccc(C(=O)NCc2ccc(NC(=O)C3CC3)cc2)c1. The molecule has 0 heterocycles. The smallest absolute Gasteiger partial charge is 0.251 e. The van der Waals surface area contributed by atoms with E-state index in [1.807, 2.05) is 24.3 Å². The number of nitrogens with one attached hydrogen (secondary N) is 2. The maximum atomic E-state index is 12.2. The molecule has 5 heteroatoms. The molecule has 3 rings (SSSR count). The maximum Gasteiger partial charge on any atom is 0.251 e. The highest BCUT2D eigenvalue weighted by atomic mass is 16.5. The van der Waals surface area contributed by atoms with Crippen LogP contribution in [0, 0.1) is 5.92 Å². The lowest BCUT2D eigenvalue weighted by molar-refractivity contribution is -0.117. The summed E-state index contributed by atoms with van der Waals surface area (Å²) in [5.41, 5.74) is 2.31. The van der Waals surface area contributed by atoms with Crippen molar-refractivity contribution >= 4 is 17.5 Å². The highest BCUT2D eigenvalue weighted by Crippen LogP contribution is 2.30. The zero-order valence-electron chi connectivity index (χ0n) is 13.5. The fourth-order valence-electron chi connectivity index (χ4n) is 2.34. The summed E-state index contributed by atoms with van der Waals surface area (Å²) >= 11 is 0. The molecule has 0 atom stereocenters. The van der Waals surface area contributed by atoms with Gasteiger partial charge in [-0.05, 0) is 48.7 Å². The monoisotopic (exact) mass is 324 g/mol. The number of rotatable bonds is 6. The van der Waals surface area contributed by atoms with Crippen LogP contribution in [0.3, 0.4) is 0 Å². The van der Waals surface area contributed by atoms with E-state index in [4.69, 9.17) is 4.74 Å². The van der Waals surface area contributed by atoms with Crippen LogP contribution in [-0.4, -0.2) is 18.9 Å². The molecule has 1 aliphatic rings. The molecule has 0 bridgehead atoms. The van der Waals surface area contributed by atoms with Crippen molar-refractivity contribution < 1.29 is 14.3 Å². The molecule has 0 spiro atoms. The van der Waals surface area contributed by atoms with Crippen molar-refractivity contribution in [1.29, 1.82) is 0 Å². The van der Waals surface area contributed by atoms with Crippen LogP contribution >= 0.6 is 0 Å². The molecule has 1 fully saturated rings. The maximum absolute atomic E-state index is 12.2. The van der Waals surface area contributed by atoms with E-state index in [1.54, 1.807) is 31.4 Å². The zero-order chi connectivity index (χ0) is 16.9. The Labute approximate surface area is 141 Å². The predicted molar refractivity (Wildman–Crippen MR) is 92.0 cm³/mol. The molecule has 2 N–H and O–H groups in total. The van der Waals surface area contributed by atoms with E-state index in [0.29, 0.717) is 17.9 Å². The topological polar surface area (TPSA) is 67.4 Å². The van der Waals surface area contributed by atoms with Crippen LogP contribution < -0.4 is 15.4 Å². The van der Waals surface area contributed by atoms with Gasteiger partial charge in [-0.3, -0.25) is 9.59 Å². The molecule has 2 amide bonds. The van der Waals surface area contributed by atoms with Crippen LogP contribution in [0.5, 0.6) is 5.75 Å². The molecule has 2 aromatic rings. The third-order valence-electron chi connectivity index (χ3n) is 3.95. The fourth-order valence-corrected chi connectivity index (χ4v) is 2.34. The van der Waals surface area contributed by atoms with Gasteiger partial charge in [-0.15, -0.1) is 0 Å². The lowest BCUT2D eigenvalue weighted by Gasteiger charge is -2.08. The van der Waals surface area contributed by atoms with Gasteiger partial charge in [0.2, 0.25) is 5.91 Å². The molecule has 0 unspecified atom stereocenters. The van der Waals surface area contributed by atoms with E-state index < -0.39 is 0 Å². The molecule has 0 saturated heterocycles. The Kier molecular flexibility index (Phi) is 4.79. The number of methoxy groups -OCH3 is 1. The van der Waals surface area contributed by atoms with Crippen molar-refractivity contribution in [3.05, 3.63) is 59.7 Å². The normalized spacial score (nSPS) is 13.2. The van der Waals surface area contributed by atoms with Gasteiger partial charge >= 0.3 is 0 Å². The number of amides is 2. The summed E-state index contributed by atoms with van der Waals surface area (Å²) in [5, 5.41) is 5.77. The summed E-state index contributed by atoms with van der Waals surface area (Å²) in [6.45, 7) is 0.424. The van der Waals surface area contributed by atoms with Crippen molar-refractivity contribution in [2.75, 3.05) is 12.4 Å². The summed E-state index contributed by atoms with van der Waals surface area (Å²) in [6, 6.07) is 14.5. The first-order chi connectivity index (χ1) is 11.7. The van der Waals surface area contributed by atoms with Crippen LogP contribution in [0.4, 0.5) is 5.69 Å². The Morgan fingerprint density at radius 2 is 1.88 bits per heavy atom. The number of carbonyl (C=O) groups is 2. The van der Waals surface area contributed by atoms with Crippen molar-refractivity contribution in [3.63, 3.8) is 0 Å². The predicted octanol–water partition coefficient (Wildman–Crippen LogP) is 2.97. The Balaban J connectivity index is 1.53. The molecular weight excluding hydrogens is 304 g/mol. The van der Waals surface area contributed by atoms with Gasteiger partial charge in [0.25, 0.3) is 5.91 Å². The molecule has 24 heavy (non-hydrogen) atoms. The minimum atomic E-state index is -0.153. The minimum absolute atomic E-state index is 0.0917. The number of ether oxygens (including phenoxy) is 1. The molecular formula is C19H20N2O3. The van der Waals surface area contributed by atoms with E-state index in [0.717, 1.165) is 24.1 Å². The fraction of sp³-hybridized carbons (Fsp3) is 0.263. The Morgan fingerprint density at radius 1 is 1.12 bits per heavy atom. The average Bonchev–Trinajstić information content (AvgIpc) is 3.46. The van der Waals surface area contributed by atoms with Crippen LogP contribution in [-0.2, 0) is 11.3 Å². The summed E-state index contributed by atoms with van der Waals surface area (Å²) in [6.07, 6.45) is 1.97. The first-order valence-electron chi connectivity index (χ1n) is 7.98. The Hall–Kier alpha value is -2.82. The second-order valence-electron chi connectivity index (χ2n) is 5.88. The van der Waals surface area contributed by atoms with E-state index in [1.165, 1.54) is 0 Å². The lowest BCUT2D eigenvalue weighted by atomic mass is 10.1. The van der Waals surface area contributed by atoms with Crippen LogP contribution in [0.15, 0.2) is 48.5 Å². The van der Waals surface area contributed by atoms with E-state index in [9.17, 15) is 9.59 Å². The van der Waals surface area contributed by atoms with Gasteiger partial charge < -0.3 is 15.4 Å². The molecule has 2 aromatic carbocycles. The quantitative estimate of drug-likeness (QED) is 0.858. The number of hydrogen-bond donors (Lipinski definition) is 2. The number of anilines is 1. The minimum Gasteiger partial charge on any atom is -0.497 e. The molecule has 0 aromatic heterocycles. The van der Waals surface area contributed by atoms with E-state index in [2.05, 4.69) is 10.6 Å².